The molecule has 18 heavy (non-hydrogen) atoms. The molecule has 96 valence electrons. The molecule has 3 unspecified atom stereocenters. The minimum atomic E-state index is 0.0719. The summed E-state index contributed by atoms with van der Waals surface area (Å²) >= 11 is 0. The van der Waals surface area contributed by atoms with E-state index in [1.54, 1.807) is 0 Å². The van der Waals surface area contributed by atoms with Gasteiger partial charge in [0, 0.05) is 23.6 Å². The molecule has 0 amide bonds. The Balaban J connectivity index is 1.82. The van der Waals surface area contributed by atoms with Crippen molar-refractivity contribution < 1.29 is 9.53 Å². The number of aryl methyl sites for hydroxylation is 1. The number of ether oxygens (including phenoxy) is 1. The molecule has 0 bridgehead atoms. The van der Waals surface area contributed by atoms with Gasteiger partial charge in [0.1, 0.15) is 0 Å². The van der Waals surface area contributed by atoms with Gasteiger partial charge in [-0.15, -0.1) is 0 Å². The number of carbonyl (C=O) groups is 1. The van der Waals surface area contributed by atoms with Crippen LogP contribution in [0.5, 0.6) is 0 Å². The Morgan fingerprint density at radius 1 is 1.28 bits per heavy atom. The van der Waals surface area contributed by atoms with Gasteiger partial charge >= 0.3 is 0 Å². The van der Waals surface area contributed by atoms with Gasteiger partial charge in [0.25, 0.3) is 0 Å². The highest BCUT2D eigenvalue weighted by molar-refractivity contribution is 6.00. The standard InChI is InChI=1S/C15H19NO2/c1-10-8-18-9-14(16-10)13-7-6-11-4-2-3-5-12(11)15(13)17/h2-5,10,13-14,16H,6-9H2,1H3. The molecule has 1 aromatic rings. The van der Waals surface area contributed by atoms with Crippen LogP contribution in [0, 0.1) is 5.92 Å². The smallest absolute Gasteiger partial charge is 0.167 e. The summed E-state index contributed by atoms with van der Waals surface area (Å²) < 4.78 is 5.57. The van der Waals surface area contributed by atoms with Crippen molar-refractivity contribution in [2.24, 2.45) is 5.92 Å². The molecular weight excluding hydrogens is 226 g/mol. The third kappa shape index (κ3) is 2.08. The van der Waals surface area contributed by atoms with E-state index in [4.69, 9.17) is 4.74 Å². The summed E-state index contributed by atoms with van der Waals surface area (Å²) in [5.41, 5.74) is 2.11. The molecule has 1 aromatic carbocycles. The van der Waals surface area contributed by atoms with Crippen molar-refractivity contribution in [3.05, 3.63) is 35.4 Å². The number of hydrogen-bond acceptors (Lipinski definition) is 3. The Bertz CT molecular complexity index is 458. The lowest BCUT2D eigenvalue weighted by Gasteiger charge is -2.36. The average Bonchev–Trinajstić information content (AvgIpc) is 2.39. The Kier molecular flexibility index (Phi) is 3.18. The van der Waals surface area contributed by atoms with Crippen molar-refractivity contribution in [2.45, 2.75) is 31.8 Å². The van der Waals surface area contributed by atoms with Crippen molar-refractivity contribution in [1.29, 1.82) is 0 Å². The topological polar surface area (TPSA) is 38.3 Å². The van der Waals surface area contributed by atoms with E-state index < -0.39 is 0 Å². The zero-order valence-electron chi connectivity index (χ0n) is 10.7. The molecule has 1 fully saturated rings. The Labute approximate surface area is 108 Å². The molecule has 3 nitrogen and oxygen atoms in total. The number of rotatable bonds is 1. The van der Waals surface area contributed by atoms with Gasteiger partial charge < -0.3 is 10.1 Å². The lowest BCUT2D eigenvalue weighted by molar-refractivity contribution is 0.0286. The van der Waals surface area contributed by atoms with Crippen LogP contribution in [-0.4, -0.2) is 31.1 Å². The van der Waals surface area contributed by atoms with Crippen LogP contribution >= 0.6 is 0 Å². The van der Waals surface area contributed by atoms with Crippen LogP contribution in [0.1, 0.15) is 29.3 Å². The van der Waals surface area contributed by atoms with E-state index in [1.165, 1.54) is 5.56 Å². The van der Waals surface area contributed by atoms with Crippen molar-refractivity contribution in [3.8, 4) is 0 Å². The van der Waals surface area contributed by atoms with Gasteiger partial charge in [-0.25, -0.2) is 0 Å². The van der Waals surface area contributed by atoms with Crippen molar-refractivity contribution in [1.82, 2.24) is 5.32 Å². The van der Waals surface area contributed by atoms with Gasteiger partial charge in [-0.05, 0) is 25.3 Å². The summed E-state index contributed by atoms with van der Waals surface area (Å²) in [6, 6.07) is 8.50. The van der Waals surface area contributed by atoms with Gasteiger partial charge in [0.2, 0.25) is 0 Å². The summed E-state index contributed by atoms with van der Waals surface area (Å²) in [4.78, 5) is 12.5. The monoisotopic (exact) mass is 245 g/mol. The lowest BCUT2D eigenvalue weighted by atomic mass is 9.78. The van der Waals surface area contributed by atoms with Crippen molar-refractivity contribution in [3.63, 3.8) is 0 Å². The van der Waals surface area contributed by atoms with Crippen LogP contribution < -0.4 is 5.32 Å². The molecule has 3 heteroatoms. The van der Waals surface area contributed by atoms with Crippen LogP contribution in [0.15, 0.2) is 24.3 Å². The Hall–Kier alpha value is -1.19. The van der Waals surface area contributed by atoms with Gasteiger partial charge in [-0.2, -0.15) is 0 Å². The number of carbonyl (C=O) groups excluding carboxylic acids is 1. The molecule has 2 aliphatic rings. The van der Waals surface area contributed by atoms with E-state index in [-0.39, 0.29) is 17.7 Å². The third-order valence-electron chi connectivity index (χ3n) is 3.99. The van der Waals surface area contributed by atoms with E-state index in [1.807, 2.05) is 18.2 Å². The van der Waals surface area contributed by atoms with Gasteiger partial charge in [-0.1, -0.05) is 24.3 Å². The van der Waals surface area contributed by atoms with E-state index in [0.29, 0.717) is 12.6 Å². The first kappa shape index (κ1) is 11.9. The van der Waals surface area contributed by atoms with Crippen LogP contribution in [-0.2, 0) is 11.2 Å². The predicted molar refractivity (Wildman–Crippen MR) is 69.8 cm³/mol. The highest BCUT2D eigenvalue weighted by Gasteiger charge is 2.35. The SMILES string of the molecule is CC1COCC(C2CCc3ccccc3C2=O)N1. The highest BCUT2D eigenvalue weighted by Crippen LogP contribution is 2.28. The molecule has 1 aliphatic carbocycles. The molecule has 1 N–H and O–H groups in total. The van der Waals surface area contributed by atoms with E-state index in [9.17, 15) is 4.79 Å². The fraction of sp³-hybridized carbons (Fsp3) is 0.533. The second-order valence-electron chi connectivity index (χ2n) is 5.38. The van der Waals surface area contributed by atoms with Gasteiger partial charge in [0.05, 0.1) is 13.2 Å². The first-order valence-corrected chi connectivity index (χ1v) is 6.71. The van der Waals surface area contributed by atoms with Crippen LogP contribution in [0.25, 0.3) is 0 Å². The normalized spacial score (nSPS) is 32.1. The molecule has 3 rings (SSSR count). The molecule has 0 aromatic heterocycles. The van der Waals surface area contributed by atoms with Crippen molar-refractivity contribution >= 4 is 5.78 Å². The molecule has 0 radical (unpaired) electrons. The van der Waals surface area contributed by atoms with Crippen LogP contribution in [0.2, 0.25) is 0 Å². The fourth-order valence-corrected chi connectivity index (χ4v) is 3.07. The first-order valence-electron chi connectivity index (χ1n) is 6.71. The minimum Gasteiger partial charge on any atom is -0.378 e. The third-order valence-corrected chi connectivity index (χ3v) is 3.99. The summed E-state index contributed by atoms with van der Waals surface area (Å²) in [6.07, 6.45) is 1.93. The lowest BCUT2D eigenvalue weighted by Crippen LogP contribution is -2.53. The average molecular weight is 245 g/mol. The molecule has 3 atom stereocenters. The number of Topliss-reactive ketones (excluding diaryl/α,β-unsaturated/α-hetero) is 1. The second-order valence-corrected chi connectivity index (χ2v) is 5.38. The summed E-state index contributed by atoms with van der Waals surface area (Å²) in [5, 5.41) is 3.50. The van der Waals surface area contributed by atoms with E-state index >= 15 is 0 Å². The molecule has 0 saturated carbocycles. The Morgan fingerprint density at radius 3 is 2.94 bits per heavy atom. The van der Waals surface area contributed by atoms with Crippen molar-refractivity contribution in [2.75, 3.05) is 13.2 Å². The second kappa shape index (κ2) is 4.82. The summed E-state index contributed by atoms with van der Waals surface area (Å²) in [5.74, 6) is 0.356. The first-order chi connectivity index (χ1) is 8.75. The van der Waals surface area contributed by atoms with E-state index in [2.05, 4.69) is 18.3 Å². The number of morpholine rings is 1. The molecule has 1 saturated heterocycles. The van der Waals surface area contributed by atoms with Crippen LogP contribution in [0.4, 0.5) is 0 Å². The number of hydrogen-bond donors (Lipinski definition) is 1. The summed E-state index contributed by atoms with van der Waals surface area (Å²) in [6.45, 7) is 3.50. The number of nitrogens with one attached hydrogen (secondary N) is 1. The largest absolute Gasteiger partial charge is 0.378 e. The minimum absolute atomic E-state index is 0.0719. The molecule has 1 heterocycles. The van der Waals surface area contributed by atoms with Crippen LogP contribution in [0.3, 0.4) is 0 Å². The zero-order valence-corrected chi connectivity index (χ0v) is 10.7. The van der Waals surface area contributed by atoms with Gasteiger partial charge in [0.15, 0.2) is 5.78 Å². The highest BCUT2D eigenvalue weighted by atomic mass is 16.5. The summed E-state index contributed by atoms with van der Waals surface area (Å²) in [7, 11) is 0. The fourth-order valence-electron chi connectivity index (χ4n) is 3.07. The predicted octanol–water partition coefficient (Wildman–Crippen LogP) is 1.81. The molecule has 0 spiro atoms. The van der Waals surface area contributed by atoms with E-state index in [0.717, 1.165) is 25.0 Å². The maximum atomic E-state index is 12.5. The number of benzene rings is 1. The quantitative estimate of drug-likeness (QED) is 0.820. The molecule has 1 aliphatic heterocycles. The Morgan fingerprint density at radius 2 is 2.11 bits per heavy atom. The zero-order chi connectivity index (χ0) is 12.5. The maximum Gasteiger partial charge on any atom is 0.167 e. The number of fused-ring (bicyclic) bond motifs is 1. The maximum absolute atomic E-state index is 12.5. The van der Waals surface area contributed by atoms with Gasteiger partial charge in [-0.3, -0.25) is 4.79 Å². The molecular formula is C15H19NO2. The number of ketones is 1.